The van der Waals surface area contributed by atoms with Crippen molar-refractivity contribution in [1.82, 2.24) is 9.55 Å². The summed E-state index contributed by atoms with van der Waals surface area (Å²) in [4.78, 5) is 50.1. The number of rotatable bonds is 7. The molecule has 1 fully saturated rings. The zero-order valence-corrected chi connectivity index (χ0v) is 16.4. The van der Waals surface area contributed by atoms with E-state index in [1.165, 1.54) is 0 Å². The van der Waals surface area contributed by atoms with Gasteiger partial charge in [-0.2, -0.15) is 13.6 Å². The number of phosphoric ester groups is 1. The van der Waals surface area contributed by atoms with Crippen molar-refractivity contribution in [2.24, 2.45) is 0 Å². The lowest BCUT2D eigenvalue weighted by Crippen LogP contribution is -2.48. The lowest BCUT2D eigenvalue weighted by atomic mass is 10.1. The highest BCUT2D eigenvalue weighted by molar-refractivity contribution is 7.66. The normalized spacial score (nSPS) is 32.7. The molecule has 0 spiro atoms. The molecule has 29 heavy (non-hydrogen) atoms. The highest BCUT2D eigenvalue weighted by Gasteiger charge is 2.63. The molecule has 0 amide bonds. The van der Waals surface area contributed by atoms with Gasteiger partial charge in [0.25, 0.3) is 11.3 Å². The van der Waals surface area contributed by atoms with Crippen LogP contribution in [0.3, 0.4) is 0 Å². The average molecular weight is 482 g/mol. The fourth-order valence-corrected chi connectivity index (χ4v) is 5.55. The van der Waals surface area contributed by atoms with E-state index < -0.39 is 59.9 Å². The molecule has 0 saturated carbocycles. The third-order valence-electron chi connectivity index (χ3n) is 3.56. The summed E-state index contributed by atoms with van der Waals surface area (Å²) >= 11 is 0. The average Bonchev–Trinajstić information content (AvgIpc) is 2.91. The molecule has 1 saturated heterocycles. The Kier molecular flexibility index (Phi) is 5.69. The molecule has 0 radical (unpaired) electrons. The van der Waals surface area contributed by atoms with Crippen molar-refractivity contribution in [3.8, 4) is 6.01 Å². The molecule has 2 aliphatic heterocycles. The monoisotopic (exact) mass is 482 g/mol. The molecule has 17 nitrogen and oxygen atoms in total. The van der Waals surface area contributed by atoms with E-state index in [0.717, 1.165) is 16.8 Å². The fraction of sp³-hybridized carbons (Fsp3) is 0.556. The molecule has 164 valence electrons. The van der Waals surface area contributed by atoms with Crippen LogP contribution in [0.15, 0.2) is 17.1 Å². The van der Waals surface area contributed by atoms with E-state index in [9.17, 15) is 33.6 Å². The molecule has 0 aromatic carbocycles. The number of hydrogen-bond donors (Lipinski definition) is 6. The Balaban J connectivity index is 1.67. The SMILES string of the molecule is O=c1ccn2c(n1)O[C@]1(O)[C@H](O)[C@@H](COP(=O)(O)OP(=O)(O)OP(=O)(O)O)O[C@@H]21. The molecular weight excluding hydrogens is 469 g/mol. The smallest absolute Gasteiger partial charge is 0.424 e. The minimum absolute atomic E-state index is 0.365. The minimum Gasteiger partial charge on any atom is -0.424 e. The number of aromatic nitrogens is 2. The van der Waals surface area contributed by atoms with Crippen molar-refractivity contribution >= 4 is 23.5 Å². The molecule has 2 aliphatic rings. The molecule has 3 rings (SSSR count). The second-order valence-electron chi connectivity index (χ2n) is 5.67. The zero-order valence-electron chi connectivity index (χ0n) is 13.7. The van der Waals surface area contributed by atoms with Crippen molar-refractivity contribution in [3.63, 3.8) is 0 Å². The van der Waals surface area contributed by atoms with Crippen LogP contribution in [0.25, 0.3) is 0 Å². The summed E-state index contributed by atoms with van der Waals surface area (Å²) in [5.74, 6) is -2.45. The second kappa shape index (κ2) is 7.28. The molecular formula is C9H13N2O15P3. The van der Waals surface area contributed by atoms with Crippen LogP contribution in [0.2, 0.25) is 0 Å². The maximum absolute atomic E-state index is 11.7. The van der Waals surface area contributed by atoms with Crippen LogP contribution in [0.4, 0.5) is 0 Å². The summed E-state index contributed by atoms with van der Waals surface area (Å²) in [5.41, 5.74) is -0.696. The summed E-state index contributed by atoms with van der Waals surface area (Å²) in [6, 6.07) is 0.642. The Morgan fingerprint density at radius 3 is 2.45 bits per heavy atom. The topological polar surface area (TPSA) is 254 Å². The van der Waals surface area contributed by atoms with E-state index in [2.05, 4.69) is 18.1 Å². The van der Waals surface area contributed by atoms with E-state index in [1.54, 1.807) is 0 Å². The van der Waals surface area contributed by atoms with Gasteiger partial charge in [0.15, 0.2) is 6.10 Å². The van der Waals surface area contributed by atoms with E-state index in [4.69, 9.17) is 24.2 Å². The lowest BCUT2D eigenvalue weighted by Gasteiger charge is -2.23. The maximum atomic E-state index is 11.7. The molecule has 0 bridgehead atoms. The number of nitrogens with zero attached hydrogens (tertiary/aromatic N) is 2. The van der Waals surface area contributed by atoms with Crippen molar-refractivity contribution in [2.45, 2.75) is 24.2 Å². The van der Waals surface area contributed by atoms with Crippen LogP contribution in [0, 0.1) is 0 Å². The van der Waals surface area contributed by atoms with Crippen LogP contribution in [0.1, 0.15) is 6.23 Å². The molecule has 1 aromatic rings. The number of aliphatic hydroxyl groups is 2. The number of fused-ring (bicyclic) bond motifs is 3. The van der Waals surface area contributed by atoms with Crippen molar-refractivity contribution in [1.29, 1.82) is 0 Å². The zero-order chi connectivity index (χ0) is 21.8. The van der Waals surface area contributed by atoms with Gasteiger partial charge in [0.05, 0.1) is 6.61 Å². The molecule has 20 heteroatoms. The van der Waals surface area contributed by atoms with Gasteiger partial charge in [-0.05, 0) is 0 Å². The summed E-state index contributed by atoms with van der Waals surface area (Å²) in [6.45, 7) is -1.02. The highest BCUT2D eigenvalue weighted by Crippen LogP contribution is 2.66. The van der Waals surface area contributed by atoms with Gasteiger partial charge in [-0.15, -0.1) is 0 Å². The van der Waals surface area contributed by atoms with Crippen molar-refractivity contribution in [3.05, 3.63) is 22.6 Å². The molecule has 1 aromatic heterocycles. The Morgan fingerprint density at radius 2 is 1.83 bits per heavy atom. The van der Waals surface area contributed by atoms with E-state index in [0.29, 0.717) is 0 Å². The van der Waals surface area contributed by atoms with E-state index in [1.807, 2.05) is 0 Å². The number of ether oxygens (including phenoxy) is 2. The Morgan fingerprint density at radius 1 is 1.17 bits per heavy atom. The van der Waals surface area contributed by atoms with Gasteiger partial charge >= 0.3 is 29.5 Å². The largest absolute Gasteiger partial charge is 0.490 e. The fourth-order valence-electron chi connectivity index (χ4n) is 2.52. The summed E-state index contributed by atoms with van der Waals surface area (Å²) in [7, 11) is -16.7. The van der Waals surface area contributed by atoms with Crippen molar-refractivity contribution < 1.29 is 66.1 Å². The first-order chi connectivity index (χ1) is 13.1. The molecule has 6 N–H and O–H groups in total. The van der Waals surface area contributed by atoms with E-state index in [-0.39, 0.29) is 6.01 Å². The summed E-state index contributed by atoms with van der Waals surface area (Å²) in [5, 5.41) is 20.7. The minimum atomic E-state index is -5.71. The third-order valence-corrected chi connectivity index (χ3v) is 7.37. The Labute approximate surface area is 159 Å². The van der Waals surface area contributed by atoms with Crippen molar-refractivity contribution in [2.75, 3.05) is 6.61 Å². The molecule has 2 unspecified atom stereocenters. The third kappa shape index (κ3) is 4.84. The van der Waals surface area contributed by atoms with Gasteiger partial charge in [0.2, 0.25) is 6.23 Å². The quantitative estimate of drug-likeness (QED) is 0.228. The van der Waals surface area contributed by atoms with Gasteiger partial charge in [-0.25, -0.2) is 13.7 Å². The molecule has 6 atom stereocenters. The Bertz CT molecular complexity index is 1000. The number of hydrogen-bond acceptors (Lipinski definition) is 12. The first kappa shape index (κ1) is 22.7. The van der Waals surface area contributed by atoms with Gasteiger partial charge in [-0.3, -0.25) is 13.9 Å². The van der Waals surface area contributed by atoms with Crippen LogP contribution in [-0.4, -0.2) is 63.9 Å². The predicted octanol–water partition coefficient (Wildman–Crippen LogP) is -2.07. The lowest BCUT2D eigenvalue weighted by molar-refractivity contribution is -0.204. The van der Waals surface area contributed by atoms with Gasteiger partial charge < -0.3 is 39.3 Å². The first-order valence-corrected chi connectivity index (χ1v) is 11.8. The van der Waals surface area contributed by atoms with Crippen LogP contribution in [-0.2, 0) is 31.6 Å². The van der Waals surface area contributed by atoms with Crippen LogP contribution in [0.5, 0.6) is 6.01 Å². The van der Waals surface area contributed by atoms with Gasteiger partial charge in [0.1, 0.15) is 6.10 Å². The van der Waals surface area contributed by atoms with E-state index >= 15 is 0 Å². The van der Waals surface area contributed by atoms with Gasteiger partial charge in [-0.1, -0.05) is 0 Å². The van der Waals surface area contributed by atoms with Crippen LogP contribution < -0.4 is 10.3 Å². The standard InChI is InChI=1S/C9H13N2O15P3/c12-5-1-2-11-7-9(14,24-8(11)10-5)6(13)4(23-7)3-22-28(18,19)26-29(20,21)25-27(15,16)17/h1-2,4,6-7,13-14H,3H2,(H,18,19)(H,20,21)(H2,15,16,17)/t4-,6-,7-,9-/m1/s1. The summed E-state index contributed by atoms with van der Waals surface area (Å²) < 4.78 is 56.3. The second-order valence-corrected chi connectivity index (χ2v) is 10.1. The molecule has 0 aliphatic carbocycles. The summed E-state index contributed by atoms with van der Waals surface area (Å²) in [6.07, 6.45) is -3.76. The van der Waals surface area contributed by atoms with Gasteiger partial charge in [0, 0.05) is 12.3 Å². The van der Waals surface area contributed by atoms with Crippen LogP contribution >= 0.6 is 23.5 Å². The first-order valence-electron chi connectivity index (χ1n) is 7.24. The maximum Gasteiger partial charge on any atom is 0.490 e. The number of phosphoric acid groups is 3. The predicted molar refractivity (Wildman–Crippen MR) is 83.8 cm³/mol. The number of aliphatic hydroxyl groups excluding tert-OH is 1. The molecule has 3 heterocycles. The Hall–Kier alpha value is -1.03. The highest BCUT2D eigenvalue weighted by atomic mass is 31.3.